The second-order valence-corrected chi connectivity index (χ2v) is 7.21. The fraction of sp³-hybridized carbons (Fsp3) is 0.571. The van der Waals surface area contributed by atoms with Crippen LogP contribution in [-0.4, -0.2) is 67.6 Å². The van der Waals surface area contributed by atoms with Gasteiger partial charge in [-0.3, -0.25) is 4.90 Å². The minimum atomic E-state index is 0.330. The molecule has 0 saturated carbocycles. The maximum absolute atomic E-state index is 5.90. The highest BCUT2D eigenvalue weighted by molar-refractivity contribution is 5.72. The molecular formula is C21H29N3O4. The zero-order valence-corrected chi connectivity index (χ0v) is 16.7. The third kappa shape index (κ3) is 3.95. The van der Waals surface area contributed by atoms with Gasteiger partial charge in [0.2, 0.25) is 0 Å². The zero-order valence-electron chi connectivity index (χ0n) is 16.7. The van der Waals surface area contributed by atoms with Crippen molar-refractivity contribution in [2.45, 2.75) is 25.8 Å². The largest absolute Gasteiger partial charge is 0.496 e. The molecule has 7 nitrogen and oxygen atoms in total. The summed E-state index contributed by atoms with van der Waals surface area (Å²) in [4.78, 5) is 6.92. The van der Waals surface area contributed by atoms with Crippen LogP contribution in [0.3, 0.4) is 0 Å². The first-order chi connectivity index (χ1) is 13.8. The molecule has 0 unspecified atom stereocenters. The van der Waals surface area contributed by atoms with E-state index in [1.807, 2.05) is 24.7 Å². The van der Waals surface area contributed by atoms with Crippen molar-refractivity contribution in [3.8, 4) is 28.5 Å². The molecule has 0 amide bonds. The second-order valence-electron chi connectivity index (χ2n) is 7.21. The first kappa shape index (κ1) is 19.1. The van der Waals surface area contributed by atoms with Crippen LogP contribution >= 0.6 is 0 Å². The highest BCUT2D eigenvalue weighted by Crippen LogP contribution is 2.41. The van der Waals surface area contributed by atoms with Crippen molar-refractivity contribution >= 4 is 0 Å². The zero-order chi connectivity index (χ0) is 19.3. The highest BCUT2D eigenvalue weighted by atomic mass is 16.5. The predicted molar refractivity (Wildman–Crippen MR) is 106 cm³/mol. The van der Waals surface area contributed by atoms with E-state index >= 15 is 0 Å². The Kier molecular flexibility index (Phi) is 6.02. The van der Waals surface area contributed by atoms with E-state index in [2.05, 4.69) is 21.4 Å². The van der Waals surface area contributed by atoms with Crippen molar-refractivity contribution in [3.63, 3.8) is 0 Å². The van der Waals surface area contributed by atoms with Gasteiger partial charge < -0.3 is 23.5 Å². The van der Waals surface area contributed by atoms with Gasteiger partial charge in [-0.25, -0.2) is 4.98 Å². The highest BCUT2D eigenvalue weighted by Gasteiger charge is 2.23. The summed E-state index contributed by atoms with van der Waals surface area (Å²) in [6.45, 7) is 8.10. The SMILES string of the molecule is CC[C@@H](CN1CCOCC1)n1cncc1-c1cc2c(cc1OC)OCCCO2. The van der Waals surface area contributed by atoms with Crippen molar-refractivity contribution in [1.29, 1.82) is 0 Å². The normalized spacial score (nSPS) is 18.5. The Balaban J connectivity index is 1.66. The van der Waals surface area contributed by atoms with Gasteiger partial charge in [-0.1, -0.05) is 6.92 Å². The van der Waals surface area contributed by atoms with Gasteiger partial charge in [0, 0.05) is 43.7 Å². The molecule has 28 heavy (non-hydrogen) atoms. The van der Waals surface area contributed by atoms with Gasteiger partial charge in [0.05, 0.1) is 51.8 Å². The summed E-state index contributed by atoms with van der Waals surface area (Å²) in [6, 6.07) is 4.28. The molecule has 2 aromatic rings. The van der Waals surface area contributed by atoms with E-state index in [1.54, 1.807) is 7.11 Å². The number of benzene rings is 1. The number of rotatable bonds is 6. The molecule has 3 heterocycles. The monoisotopic (exact) mass is 387 g/mol. The quantitative estimate of drug-likeness (QED) is 0.760. The van der Waals surface area contributed by atoms with Gasteiger partial charge in [-0.2, -0.15) is 0 Å². The average molecular weight is 387 g/mol. The molecule has 4 rings (SSSR count). The van der Waals surface area contributed by atoms with E-state index in [0.717, 1.165) is 74.2 Å². The van der Waals surface area contributed by atoms with Crippen LogP contribution < -0.4 is 14.2 Å². The van der Waals surface area contributed by atoms with E-state index in [1.165, 1.54) is 0 Å². The smallest absolute Gasteiger partial charge is 0.164 e. The molecule has 1 aromatic heterocycles. The van der Waals surface area contributed by atoms with Crippen molar-refractivity contribution < 1.29 is 18.9 Å². The lowest BCUT2D eigenvalue weighted by Crippen LogP contribution is -2.39. The molecule has 2 aliphatic rings. The average Bonchev–Trinajstić information content (AvgIpc) is 3.10. The van der Waals surface area contributed by atoms with Gasteiger partial charge in [-0.15, -0.1) is 0 Å². The van der Waals surface area contributed by atoms with Crippen LogP contribution in [0.15, 0.2) is 24.7 Å². The summed E-state index contributed by atoms with van der Waals surface area (Å²) in [6.07, 6.45) is 5.73. The summed E-state index contributed by atoms with van der Waals surface area (Å²) in [5, 5.41) is 0. The van der Waals surface area contributed by atoms with Gasteiger partial charge in [0.1, 0.15) is 5.75 Å². The summed E-state index contributed by atoms with van der Waals surface area (Å²) in [5.74, 6) is 2.28. The second kappa shape index (κ2) is 8.84. The van der Waals surface area contributed by atoms with Crippen LogP contribution in [0, 0.1) is 0 Å². The molecule has 0 bridgehead atoms. The van der Waals surface area contributed by atoms with Crippen LogP contribution in [0.2, 0.25) is 0 Å². The Labute approximate surface area is 166 Å². The van der Waals surface area contributed by atoms with E-state index in [4.69, 9.17) is 18.9 Å². The number of hydrogen-bond donors (Lipinski definition) is 0. The number of ether oxygens (including phenoxy) is 4. The molecular weight excluding hydrogens is 358 g/mol. The molecule has 0 spiro atoms. The number of hydrogen-bond acceptors (Lipinski definition) is 6. The molecule has 0 radical (unpaired) electrons. The first-order valence-corrected chi connectivity index (χ1v) is 10.1. The predicted octanol–water partition coefficient (Wildman–Crippen LogP) is 3.00. The standard InChI is InChI=1S/C21H29N3O4/c1-3-16(14-23-5-9-26-10-6-23)24-15-22-13-18(24)17-11-20-21(12-19(17)25-2)28-8-4-7-27-20/h11-13,15-16H,3-10,14H2,1-2H3/t16-/m0/s1. The van der Waals surface area contributed by atoms with Crippen LogP contribution in [0.1, 0.15) is 25.8 Å². The number of methoxy groups -OCH3 is 1. The summed E-state index contributed by atoms with van der Waals surface area (Å²) in [5.41, 5.74) is 2.01. The van der Waals surface area contributed by atoms with E-state index < -0.39 is 0 Å². The lowest BCUT2D eigenvalue weighted by molar-refractivity contribution is 0.0313. The molecule has 1 saturated heterocycles. The number of nitrogens with zero attached hydrogens (tertiary/aromatic N) is 3. The molecule has 1 atom stereocenters. The summed E-state index contributed by atoms with van der Waals surface area (Å²) in [7, 11) is 1.69. The van der Waals surface area contributed by atoms with E-state index in [0.29, 0.717) is 19.3 Å². The lowest BCUT2D eigenvalue weighted by Gasteiger charge is -2.31. The van der Waals surface area contributed by atoms with Crippen molar-refractivity contribution in [3.05, 3.63) is 24.7 Å². The van der Waals surface area contributed by atoms with Crippen LogP contribution in [-0.2, 0) is 4.74 Å². The van der Waals surface area contributed by atoms with Crippen molar-refractivity contribution in [2.75, 3.05) is 53.2 Å². The van der Waals surface area contributed by atoms with E-state index in [-0.39, 0.29) is 0 Å². The molecule has 0 aliphatic carbocycles. The molecule has 7 heteroatoms. The maximum atomic E-state index is 5.90. The summed E-state index contributed by atoms with van der Waals surface area (Å²) >= 11 is 0. The molecule has 152 valence electrons. The molecule has 0 N–H and O–H groups in total. The van der Waals surface area contributed by atoms with Gasteiger partial charge in [0.25, 0.3) is 0 Å². The molecule has 2 aliphatic heterocycles. The summed E-state index contributed by atoms with van der Waals surface area (Å²) < 4.78 is 25.2. The number of fused-ring (bicyclic) bond motifs is 1. The van der Waals surface area contributed by atoms with E-state index in [9.17, 15) is 0 Å². The van der Waals surface area contributed by atoms with Gasteiger partial charge in [-0.05, 0) is 12.5 Å². The Morgan fingerprint density at radius 2 is 1.86 bits per heavy atom. The maximum Gasteiger partial charge on any atom is 0.164 e. The minimum Gasteiger partial charge on any atom is -0.496 e. The minimum absolute atomic E-state index is 0.330. The third-order valence-electron chi connectivity index (χ3n) is 5.45. The van der Waals surface area contributed by atoms with Crippen molar-refractivity contribution in [2.24, 2.45) is 0 Å². The lowest BCUT2D eigenvalue weighted by atomic mass is 10.1. The number of imidazole rings is 1. The van der Waals surface area contributed by atoms with Crippen LogP contribution in [0.4, 0.5) is 0 Å². The Hall–Kier alpha value is -2.25. The Bertz CT molecular complexity index is 786. The molecule has 1 fully saturated rings. The Morgan fingerprint density at radius 3 is 2.57 bits per heavy atom. The van der Waals surface area contributed by atoms with Crippen LogP contribution in [0.5, 0.6) is 17.2 Å². The fourth-order valence-electron chi connectivity index (χ4n) is 3.86. The molecule has 1 aromatic carbocycles. The number of morpholine rings is 1. The fourth-order valence-corrected chi connectivity index (χ4v) is 3.86. The van der Waals surface area contributed by atoms with Gasteiger partial charge >= 0.3 is 0 Å². The third-order valence-corrected chi connectivity index (χ3v) is 5.45. The topological polar surface area (TPSA) is 58.0 Å². The van der Waals surface area contributed by atoms with Gasteiger partial charge in [0.15, 0.2) is 11.5 Å². The number of aromatic nitrogens is 2. The van der Waals surface area contributed by atoms with Crippen molar-refractivity contribution in [1.82, 2.24) is 14.5 Å². The Morgan fingerprint density at radius 1 is 1.11 bits per heavy atom. The van der Waals surface area contributed by atoms with Crippen LogP contribution in [0.25, 0.3) is 11.3 Å². The first-order valence-electron chi connectivity index (χ1n) is 10.1.